The van der Waals surface area contributed by atoms with Gasteiger partial charge in [-0.15, -0.1) is 0 Å². The largest absolute Gasteiger partial charge is 0.497 e. The molecule has 1 saturated carbocycles. The molecule has 1 aliphatic carbocycles. The minimum Gasteiger partial charge on any atom is -0.497 e. The van der Waals surface area contributed by atoms with Crippen molar-refractivity contribution >= 4 is 40.5 Å². The summed E-state index contributed by atoms with van der Waals surface area (Å²) in [6, 6.07) is 12.3. The first-order valence-corrected chi connectivity index (χ1v) is 15.9. The first-order chi connectivity index (χ1) is 20.6. The molecule has 1 amide bonds. The topological polar surface area (TPSA) is 61.8 Å². The van der Waals surface area contributed by atoms with Crippen LogP contribution in [0.5, 0.6) is 0 Å². The average Bonchev–Trinajstić information content (AvgIpc) is 3.26. The third kappa shape index (κ3) is 5.03. The number of ether oxygens (including phenoxy) is 1. The molecule has 7 nitrogen and oxygen atoms in total. The third-order valence-corrected chi connectivity index (χ3v) is 10.2. The van der Waals surface area contributed by atoms with E-state index in [-0.39, 0.29) is 16.7 Å². The summed E-state index contributed by atoms with van der Waals surface area (Å²) in [5.74, 6) is 1.52. The van der Waals surface area contributed by atoms with E-state index in [9.17, 15) is 4.79 Å². The summed E-state index contributed by atoms with van der Waals surface area (Å²) < 4.78 is 5.39. The van der Waals surface area contributed by atoms with E-state index in [1.165, 1.54) is 0 Å². The fraction of sp³-hybridized carbons (Fsp3) is 0.472. The monoisotopic (exact) mass is 613 g/mol. The van der Waals surface area contributed by atoms with Gasteiger partial charge in [0.15, 0.2) is 0 Å². The van der Waals surface area contributed by atoms with Crippen molar-refractivity contribution in [1.29, 1.82) is 0 Å². The Morgan fingerprint density at radius 1 is 0.955 bits per heavy atom. The van der Waals surface area contributed by atoms with Gasteiger partial charge in [0, 0.05) is 47.9 Å². The Bertz CT molecular complexity index is 1650. The fourth-order valence-electron chi connectivity index (χ4n) is 8.09. The normalized spacial score (nSPS) is 19.5. The molecule has 1 aromatic carbocycles. The number of rotatable bonds is 5. The van der Waals surface area contributed by atoms with E-state index in [0.29, 0.717) is 31.1 Å². The molecule has 3 aliphatic rings. The molecule has 1 saturated heterocycles. The van der Waals surface area contributed by atoms with Crippen LogP contribution >= 0.6 is 11.6 Å². The van der Waals surface area contributed by atoms with Crippen LogP contribution in [0.2, 0.25) is 5.02 Å². The number of halogens is 1. The van der Waals surface area contributed by atoms with E-state index in [2.05, 4.69) is 75.3 Å². The summed E-state index contributed by atoms with van der Waals surface area (Å²) >= 11 is 6.37. The highest BCUT2D eigenvalue weighted by atomic mass is 35.5. The lowest BCUT2D eigenvalue weighted by molar-refractivity contribution is 0.0502. The second-order valence-corrected chi connectivity index (χ2v) is 14.9. The number of carbonyl (C=O) groups excluding carboxylic acids is 1. The van der Waals surface area contributed by atoms with E-state index in [1.807, 2.05) is 30.9 Å². The zero-order chi connectivity index (χ0) is 31.8. The van der Waals surface area contributed by atoms with Crippen molar-refractivity contribution in [3.8, 4) is 0 Å². The quantitative estimate of drug-likeness (QED) is 0.276. The number of hydrogen-bond acceptors (Lipinski definition) is 6. The Morgan fingerprint density at radius 3 is 2.30 bits per heavy atom. The van der Waals surface area contributed by atoms with Crippen molar-refractivity contribution in [3.05, 3.63) is 81.8 Å². The molecular formula is C36H44ClN5O2. The van der Waals surface area contributed by atoms with Crippen molar-refractivity contribution < 1.29 is 9.53 Å². The van der Waals surface area contributed by atoms with Crippen LogP contribution in [0.15, 0.2) is 43.0 Å². The van der Waals surface area contributed by atoms with Crippen LogP contribution < -0.4 is 9.80 Å². The molecule has 44 heavy (non-hydrogen) atoms. The maximum absolute atomic E-state index is 14.2. The molecule has 0 bridgehead atoms. The number of methoxy groups -OCH3 is 1. The van der Waals surface area contributed by atoms with Crippen LogP contribution in [-0.2, 0) is 10.2 Å². The molecule has 0 atom stereocenters. The van der Waals surface area contributed by atoms with Gasteiger partial charge >= 0.3 is 0 Å². The molecule has 1 spiro atoms. The van der Waals surface area contributed by atoms with Crippen LogP contribution in [0.1, 0.15) is 79.1 Å². The summed E-state index contributed by atoms with van der Waals surface area (Å²) in [7, 11) is 1.63. The SMILES string of the molecule is C=C(OC)c1c(C)cc(N2CCN(C(=O)c3ccc4c(n3)C3(CN4c4ccc(Cl)c(C)c4)CC(C)(C)C3)C(C)(C)C2)nc1C. The van der Waals surface area contributed by atoms with Crippen LogP contribution in [0.3, 0.4) is 0 Å². The number of fused-ring (bicyclic) bond motifs is 2. The van der Waals surface area contributed by atoms with Gasteiger partial charge in [-0.2, -0.15) is 0 Å². The number of aryl methyl sites for hydroxylation is 3. The molecular weight excluding hydrogens is 570 g/mol. The third-order valence-electron chi connectivity index (χ3n) is 9.81. The van der Waals surface area contributed by atoms with Gasteiger partial charge in [0.05, 0.1) is 29.7 Å². The van der Waals surface area contributed by atoms with Crippen molar-refractivity contribution in [2.45, 2.75) is 72.3 Å². The van der Waals surface area contributed by atoms with Gasteiger partial charge in [-0.25, -0.2) is 9.97 Å². The number of hydrogen-bond donors (Lipinski definition) is 0. The second kappa shape index (κ2) is 10.5. The molecule has 0 N–H and O–H groups in total. The Morgan fingerprint density at radius 2 is 1.68 bits per heavy atom. The summed E-state index contributed by atoms with van der Waals surface area (Å²) in [5.41, 5.74) is 7.54. The van der Waals surface area contributed by atoms with Gasteiger partial charge in [-0.1, -0.05) is 32.0 Å². The Hall–Kier alpha value is -3.58. The van der Waals surface area contributed by atoms with E-state index < -0.39 is 5.54 Å². The molecule has 232 valence electrons. The average molecular weight is 614 g/mol. The second-order valence-electron chi connectivity index (χ2n) is 14.5. The molecule has 3 aromatic rings. The van der Waals surface area contributed by atoms with Gasteiger partial charge < -0.3 is 19.4 Å². The summed E-state index contributed by atoms with van der Waals surface area (Å²) in [6.45, 7) is 21.8. The molecule has 0 radical (unpaired) electrons. The van der Waals surface area contributed by atoms with Gasteiger partial charge in [-0.05, 0) is 100 Å². The summed E-state index contributed by atoms with van der Waals surface area (Å²) in [5, 5.41) is 0.768. The van der Waals surface area contributed by atoms with E-state index in [1.54, 1.807) is 7.11 Å². The highest BCUT2D eigenvalue weighted by molar-refractivity contribution is 6.31. The number of nitrogens with zero attached hydrogens (tertiary/aromatic N) is 5. The number of carbonyl (C=O) groups is 1. The van der Waals surface area contributed by atoms with Gasteiger partial charge in [-0.3, -0.25) is 4.79 Å². The van der Waals surface area contributed by atoms with Crippen LogP contribution in [0.25, 0.3) is 5.76 Å². The van der Waals surface area contributed by atoms with E-state index in [0.717, 1.165) is 69.7 Å². The summed E-state index contributed by atoms with van der Waals surface area (Å²) in [4.78, 5) is 30.9. The Balaban J connectivity index is 1.27. The predicted molar refractivity (Wildman–Crippen MR) is 179 cm³/mol. The molecule has 0 unspecified atom stereocenters. The lowest BCUT2D eigenvalue weighted by Gasteiger charge is -2.51. The molecule has 6 rings (SSSR count). The Labute approximate surface area is 266 Å². The van der Waals surface area contributed by atoms with Crippen molar-refractivity contribution in [2.24, 2.45) is 5.41 Å². The van der Waals surface area contributed by atoms with Crippen LogP contribution in [0, 0.1) is 26.2 Å². The fourth-order valence-corrected chi connectivity index (χ4v) is 8.21. The first-order valence-electron chi connectivity index (χ1n) is 15.5. The number of anilines is 3. The van der Waals surface area contributed by atoms with Gasteiger partial charge in [0.1, 0.15) is 17.3 Å². The number of benzene rings is 1. The molecule has 2 fully saturated rings. The molecule has 8 heteroatoms. The lowest BCUT2D eigenvalue weighted by Crippen LogP contribution is -2.61. The van der Waals surface area contributed by atoms with Gasteiger partial charge in [0.2, 0.25) is 0 Å². The van der Waals surface area contributed by atoms with Crippen molar-refractivity contribution in [2.75, 3.05) is 43.1 Å². The number of amides is 1. The zero-order valence-corrected chi connectivity index (χ0v) is 28.1. The minimum atomic E-state index is -0.419. The predicted octanol–water partition coefficient (Wildman–Crippen LogP) is 7.62. The maximum atomic E-state index is 14.2. The lowest BCUT2D eigenvalue weighted by atomic mass is 9.53. The maximum Gasteiger partial charge on any atom is 0.273 e. The van der Waals surface area contributed by atoms with E-state index >= 15 is 0 Å². The standard InChI is InChI=1S/C36H44ClN5O2/c1-22-16-26(10-11-27(22)37)41-21-36(18-34(5,6)19-36)32-29(41)13-12-28(39-32)33(43)42-15-14-40(20-35(42,7)8)30-17-23(2)31(24(3)38-30)25(4)44-9/h10-13,16-17H,4,14-15,18-21H2,1-3,5-9H3. The minimum absolute atomic E-state index is 0.0148. The summed E-state index contributed by atoms with van der Waals surface area (Å²) in [6.07, 6.45) is 2.10. The number of aromatic nitrogens is 2. The highest BCUT2D eigenvalue weighted by Crippen LogP contribution is 2.61. The first kappa shape index (κ1) is 30.4. The number of pyridine rings is 2. The van der Waals surface area contributed by atoms with Crippen LogP contribution in [-0.4, -0.2) is 59.6 Å². The molecule has 2 aromatic heterocycles. The van der Waals surface area contributed by atoms with Crippen LogP contribution in [0.4, 0.5) is 17.2 Å². The van der Waals surface area contributed by atoms with Gasteiger partial charge in [0.25, 0.3) is 5.91 Å². The van der Waals surface area contributed by atoms with Crippen molar-refractivity contribution in [1.82, 2.24) is 14.9 Å². The zero-order valence-electron chi connectivity index (χ0n) is 27.3. The number of piperazine rings is 1. The smallest absolute Gasteiger partial charge is 0.273 e. The molecule has 2 aliphatic heterocycles. The highest BCUT2D eigenvalue weighted by Gasteiger charge is 2.57. The Kier molecular flexibility index (Phi) is 7.27. The van der Waals surface area contributed by atoms with Crippen molar-refractivity contribution in [3.63, 3.8) is 0 Å². The molecule has 4 heterocycles. The van der Waals surface area contributed by atoms with E-state index in [4.69, 9.17) is 26.3 Å².